The Balaban J connectivity index is -0.000000525. The molecule has 0 rings (SSSR count). The van der Waals surface area contributed by atoms with Crippen LogP contribution in [-0.4, -0.2) is 32.9 Å². The van der Waals surface area contributed by atoms with Crippen molar-refractivity contribution in [3.8, 4) is 0 Å². The van der Waals surface area contributed by atoms with Crippen LogP contribution in [-0.2, 0) is 15.9 Å². The first kappa shape index (κ1) is 41.1. The van der Waals surface area contributed by atoms with Crippen LogP contribution in [0.2, 0.25) is 0 Å². The van der Waals surface area contributed by atoms with E-state index >= 15 is 0 Å². The third-order valence-corrected chi connectivity index (χ3v) is 13.0. The minimum atomic E-state index is -0.106. The van der Waals surface area contributed by atoms with Crippen LogP contribution < -0.4 is 0 Å². The van der Waals surface area contributed by atoms with Crippen molar-refractivity contribution in [2.75, 3.05) is 12.3 Å². The van der Waals surface area contributed by atoms with Gasteiger partial charge in [-0.05, 0) is 57.6 Å². The zero-order valence-corrected chi connectivity index (χ0v) is 31.1. The molecule has 0 radical (unpaired) electrons. The van der Waals surface area contributed by atoms with Gasteiger partial charge in [-0.1, -0.05) is 151 Å². The quantitative estimate of drug-likeness (QED) is 0.138. The predicted molar refractivity (Wildman–Crippen MR) is 171 cm³/mol. The molecular formula is C30H62Cl2P2Pd. The van der Waals surface area contributed by atoms with E-state index in [1.54, 1.807) is 0 Å². The maximum atomic E-state index is 4.81. The first-order valence-corrected chi connectivity index (χ1v) is 20.2. The molecule has 0 aromatic rings. The molecule has 0 atom stereocenters. The summed E-state index contributed by atoms with van der Waals surface area (Å²) in [6.45, 7) is 37.8. The second-order valence-corrected chi connectivity index (χ2v) is 24.3. The van der Waals surface area contributed by atoms with Gasteiger partial charge in [0.2, 0.25) is 0 Å². The van der Waals surface area contributed by atoms with Gasteiger partial charge in [0.25, 0.3) is 0 Å². The van der Waals surface area contributed by atoms with Gasteiger partial charge >= 0.3 is 35.0 Å². The van der Waals surface area contributed by atoms with Crippen molar-refractivity contribution in [2.24, 2.45) is 11.8 Å². The average molecular weight is 662 g/mol. The molecule has 0 saturated heterocycles. The minimum absolute atomic E-state index is 0.0396. The van der Waals surface area contributed by atoms with Crippen molar-refractivity contribution in [3.63, 3.8) is 0 Å². The van der Waals surface area contributed by atoms with E-state index < -0.39 is 0 Å². The summed E-state index contributed by atoms with van der Waals surface area (Å²) in [5.74, 6) is 1.57. The molecule has 0 aromatic heterocycles. The fourth-order valence-corrected chi connectivity index (χ4v) is 11.1. The van der Waals surface area contributed by atoms with Gasteiger partial charge in [0.1, 0.15) is 0 Å². The molecule has 0 aliphatic carbocycles. The first-order valence-electron chi connectivity index (χ1n) is 13.2. The Morgan fingerprint density at radius 3 is 0.857 bits per heavy atom. The predicted octanol–water partition coefficient (Wildman–Crippen LogP) is 12.7. The molecule has 0 N–H and O–H groups in total. The molecule has 5 heteroatoms. The van der Waals surface area contributed by atoms with Crippen molar-refractivity contribution < 1.29 is 15.9 Å². The summed E-state index contributed by atoms with van der Waals surface area (Å²) in [7, 11) is 9.71. The van der Waals surface area contributed by atoms with Crippen molar-refractivity contribution >= 4 is 34.9 Å². The van der Waals surface area contributed by atoms with Gasteiger partial charge in [0, 0.05) is 0 Å². The van der Waals surface area contributed by atoms with E-state index in [2.05, 4.69) is 135 Å². The summed E-state index contributed by atoms with van der Waals surface area (Å²) in [4.78, 5) is 0. The monoisotopic (exact) mass is 660 g/mol. The van der Waals surface area contributed by atoms with Crippen LogP contribution in [0.5, 0.6) is 0 Å². The Kier molecular flexibility index (Phi) is 23.0. The second-order valence-electron chi connectivity index (χ2n) is 14.2. The summed E-state index contributed by atoms with van der Waals surface area (Å²) in [5, 5.41) is 1.82. The molecule has 216 valence electrons. The Labute approximate surface area is 242 Å². The maximum absolute atomic E-state index is 4.81. The first-order chi connectivity index (χ1) is 15.5. The summed E-state index contributed by atoms with van der Waals surface area (Å²) in [6, 6.07) is 0. The SMILES string of the molecule is CC(C)CC=CCP(C(C)(C)C)C(C)(C)C.CC(C)CC=CCP(C(C)(C)C)C(C)(C)C.[Cl][Pd][Cl]. The van der Waals surface area contributed by atoms with Crippen LogP contribution in [0, 0.1) is 11.8 Å². The van der Waals surface area contributed by atoms with E-state index in [0.29, 0.717) is 20.6 Å². The van der Waals surface area contributed by atoms with Gasteiger partial charge in [0.05, 0.1) is 0 Å². The van der Waals surface area contributed by atoms with Crippen LogP contribution in [0.3, 0.4) is 0 Å². The van der Waals surface area contributed by atoms with Crippen LogP contribution in [0.1, 0.15) is 124 Å². The molecule has 35 heavy (non-hydrogen) atoms. The topological polar surface area (TPSA) is 0 Å². The molecule has 0 amide bonds. The molecule has 0 fully saturated rings. The summed E-state index contributed by atoms with van der Waals surface area (Å²) in [5.41, 5.74) is 0. The zero-order valence-electron chi connectivity index (χ0n) is 26.3. The summed E-state index contributed by atoms with van der Waals surface area (Å²) >= 11 is -0.106. The number of hydrogen-bond donors (Lipinski definition) is 0. The fraction of sp³-hybridized carbons (Fsp3) is 0.867. The normalized spacial score (nSPS) is 13.8. The standard InChI is InChI=1S/2C15H31P.2ClH.Pd/c2*1-13(2)11-9-10-12-16(14(3,4)5)15(6,7)8;;;/h2*9-10,13H,11-12H2,1-8H3;2*1H;/q;;;;+2/p-2. The third-order valence-electron chi connectivity index (χ3n) is 5.36. The van der Waals surface area contributed by atoms with Gasteiger partial charge in [0.15, 0.2) is 0 Å². The molecule has 0 aliphatic heterocycles. The average Bonchev–Trinajstić information content (AvgIpc) is 2.57. The van der Waals surface area contributed by atoms with Crippen molar-refractivity contribution in [3.05, 3.63) is 24.3 Å². The van der Waals surface area contributed by atoms with E-state index in [9.17, 15) is 0 Å². The van der Waals surface area contributed by atoms with E-state index in [1.807, 2.05) is 0 Å². The summed E-state index contributed by atoms with van der Waals surface area (Å²) < 4.78 is 0. The molecule has 0 nitrogen and oxygen atoms in total. The number of hydrogen-bond acceptors (Lipinski definition) is 0. The Hall–Kier alpha value is 1.58. The van der Waals surface area contributed by atoms with Gasteiger partial charge in [-0.3, -0.25) is 0 Å². The second kappa shape index (κ2) is 19.6. The third kappa shape index (κ3) is 25.6. The van der Waals surface area contributed by atoms with E-state index in [1.165, 1.54) is 25.2 Å². The van der Waals surface area contributed by atoms with E-state index in [0.717, 1.165) is 11.8 Å². The molecule has 0 bridgehead atoms. The van der Waals surface area contributed by atoms with E-state index in [4.69, 9.17) is 19.1 Å². The molecular weight excluding hydrogens is 600 g/mol. The Morgan fingerprint density at radius 2 is 0.714 bits per heavy atom. The Morgan fingerprint density at radius 1 is 0.514 bits per heavy atom. The van der Waals surface area contributed by atoms with E-state index in [-0.39, 0.29) is 31.8 Å². The van der Waals surface area contributed by atoms with Crippen LogP contribution >= 0.6 is 34.9 Å². The van der Waals surface area contributed by atoms with Crippen molar-refractivity contribution in [1.29, 1.82) is 0 Å². The van der Waals surface area contributed by atoms with Crippen LogP contribution in [0.25, 0.3) is 0 Å². The van der Waals surface area contributed by atoms with Crippen LogP contribution in [0.15, 0.2) is 24.3 Å². The van der Waals surface area contributed by atoms with Gasteiger partial charge in [-0.2, -0.15) is 0 Å². The Bertz CT molecular complexity index is 479. The van der Waals surface area contributed by atoms with Gasteiger partial charge in [-0.15, -0.1) is 0 Å². The number of rotatable bonds is 8. The molecule has 0 aliphatic rings. The van der Waals surface area contributed by atoms with Gasteiger partial charge < -0.3 is 0 Å². The zero-order chi connectivity index (χ0) is 28.7. The molecule has 0 saturated carbocycles. The fourth-order valence-electron chi connectivity index (χ4n) is 4.20. The summed E-state index contributed by atoms with van der Waals surface area (Å²) in [6.07, 6.45) is 14.6. The van der Waals surface area contributed by atoms with Crippen LogP contribution in [0.4, 0.5) is 0 Å². The molecule has 0 aromatic carbocycles. The van der Waals surface area contributed by atoms with Crippen molar-refractivity contribution in [1.82, 2.24) is 0 Å². The molecule has 0 heterocycles. The molecule has 0 unspecified atom stereocenters. The van der Waals surface area contributed by atoms with Gasteiger partial charge in [-0.25, -0.2) is 0 Å². The number of halogens is 2. The number of allylic oxidation sites excluding steroid dienone is 4. The van der Waals surface area contributed by atoms with Crippen molar-refractivity contribution in [2.45, 2.75) is 144 Å². The molecule has 0 spiro atoms.